The second-order valence-corrected chi connectivity index (χ2v) is 6.59. The average molecular weight is 403 g/mol. The fraction of sp³-hybridized carbons (Fsp3) is 0.250. The van der Waals surface area contributed by atoms with Gasteiger partial charge in [-0.25, -0.2) is 4.68 Å². The van der Waals surface area contributed by atoms with Crippen molar-refractivity contribution in [1.29, 1.82) is 0 Å². The fourth-order valence-electron chi connectivity index (χ4n) is 3.05. The van der Waals surface area contributed by atoms with Gasteiger partial charge in [-0.05, 0) is 30.2 Å². The maximum absolute atomic E-state index is 13.2. The lowest BCUT2D eigenvalue weighted by Gasteiger charge is -2.20. The van der Waals surface area contributed by atoms with Crippen LogP contribution < -0.4 is 11.1 Å². The second-order valence-electron chi connectivity index (χ2n) is 6.59. The molecule has 0 bridgehead atoms. The number of halogens is 3. The first-order chi connectivity index (χ1) is 13.8. The number of nitrogens with zero attached hydrogens (tertiary/aromatic N) is 3. The summed E-state index contributed by atoms with van der Waals surface area (Å²) in [4.78, 5) is 12.5. The minimum atomic E-state index is -4.46. The molecule has 3 N–H and O–H groups in total. The molecular weight excluding hydrogens is 383 g/mol. The maximum Gasteiger partial charge on any atom is 0.416 e. The minimum absolute atomic E-state index is 0.0106. The molecule has 0 aliphatic heterocycles. The van der Waals surface area contributed by atoms with Crippen LogP contribution in [0.4, 0.5) is 13.2 Å². The molecule has 6 nitrogen and oxygen atoms in total. The summed E-state index contributed by atoms with van der Waals surface area (Å²) in [7, 11) is 1.76. The Labute approximate surface area is 165 Å². The molecule has 3 rings (SSSR count). The molecular formula is C20H20F3N5O. The maximum atomic E-state index is 13.2. The van der Waals surface area contributed by atoms with Gasteiger partial charge in [0.1, 0.15) is 0 Å². The van der Waals surface area contributed by atoms with Gasteiger partial charge in [-0.15, -0.1) is 5.10 Å². The Bertz CT molecular complexity index is 982. The molecule has 0 radical (unpaired) electrons. The van der Waals surface area contributed by atoms with Crippen molar-refractivity contribution in [3.05, 3.63) is 71.4 Å². The lowest BCUT2D eigenvalue weighted by molar-refractivity contribution is -0.138. The van der Waals surface area contributed by atoms with Crippen LogP contribution in [0.3, 0.4) is 0 Å². The van der Waals surface area contributed by atoms with Gasteiger partial charge in [0.25, 0.3) is 5.91 Å². The zero-order chi connectivity index (χ0) is 21.0. The molecule has 2 aromatic carbocycles. The minimum Gasteiger partial charge on any atom is -0.348 e. The highest BCUT2D eigenvalue weighted by Gasteiger charge is 2.33. The van der Waals surface area contributed by atoms with Crippen LogP contribution in [-0.4, -0.2) is 33.5 Å². The Morgan fingerprint density at radius 2 is 1.86 bits per heavy atom. The van der Waals surface area contributed by atoms with E-state index in [0.29, 0.717) is 5.56 Å². The van der Waals surface area contributed by atoms with Gasteiger partial charge in [-0.2, -0.15) is 13.2 Å². The lowest BCUT2D eigenvalue weighted by Crippen LogP contribution is -2.42. The van der Waals surface area contributed by atoms with Crippen molar-refractivity contribution in [2.24, 2.45) is 12.8 Å². The topological polar surface area (TPSA) is 85.8 Å². The van der Waals surface area contributed by atoms with Crippen molar-refractivity contribution >= 4 is 5.91 Å². The normalized spacial score (nSPS) is 12.6. The summed E-state index contributed by atoms with van der Waals surface area (Å²) in [5, 5.41) is 10.4. The van der Waals surface area contributed by atoms with E-state index in [2.05, 4.69) is 15.6 Å². The monoisotopic (exact) mass is 403 g/mol. The van der Waals surface area contributed by atoms with Gasteiger partial charge < -0.3 is 11.1 Å². The number of benzene rings is 2. The molecule has 1 amide bonds. The highest BCUT2D eigenvalue weighted by atomic mass is 19.4. The Morgan fingerprint density at radius 1 is 1.17 bits per heavy atom. The van der Waals surface area contributed by atoms with E-state index in [9.17, 15) is 18.0 Å². The second kappa shape index (κ2) is 8.44. The van der Waals surface area contributed by atoms with E-state index in [0.717, 1.165) is 17.3 Å². The van der Waals surface area contributed by atoms with Gasteiger partial charge >= 0.3 is 6.18 Å². The quantitative estimate of drug-likeness (QED) is 0.663. The van der Waals surface area contributed by atoms with E-state index in [-0.39, 0.29) is 18.5 Å². The van der Waals surface area contributed by atoms with E-state index in [1.807, 2.05) is 0 Å². The summed E-state index contributed by atoms with van der Waals surface area (Å²) >= 11 is 0. The van der Waals surface area contributed by atoms with Crippen molar-refractivity contribution in [3.63, 3.8) is 0 Å². The molecule has 1 unspecified atom stereocenters. The number of alkyl halides is 3. The van der Waals surface area contributed by atoms with Crippen LogP contribution in [0.1, 0.15) is 21.5 Å². The highest BCUT2D eigenvalue weighted by molar-refractivity contribution is 5.94. The van der Waals surface area contributed by atoms with Crippen LogP contribution in [0, 0.1) is 0 Å². The molecule has 0 saturated heterocycles. The molecule has 0 spiro atoms. The van der Waals surface area contributed by atoms with Crippen molar-refractivity contribution in [1.82, 2.24) is 20.3 Å². The Morgan fingerprint density at radius 3 is 2.45 bits per heavy atom. The van der Waals surface area contributed by atoms with Gasteiger partial charge in [0, 0.05) is 30.8 Å². The summed E-state index contributed by atoms with van der Waals surface area (Å²) in [6.07, 6.45) is -2.87. The largest absolute Gasteiger partial charge is 0.416 e. The first kappa shape index (κ1) is 20.5. The Kier molecular flexibility index (Phi) is 5.97. The molecule has 0 aliphatic rings. The summed E-state index contributed by atoms with van der Waals surface area (Å²) < 4.78 is 41.2. The molecule has 0 saturated carbocycles. The number of nitrogens with two attached hydrogens (primary N) is 1. The molecule has 1 atom stereocenters. The van der Waals surface area contributed by atoms with Crippen LogP contribution >= 0.6 is 0 Å². The molecule has 0 fully saturated rings. The van der Waals surface area contributed by atoms with E-state index in [1.165, 1.54) is 18.2 Å². The van der Waals surface area contributed by atoms with E-state index >= 15 is 0 Å². The zero-order valence-electron chi connectivity index (χ0n) is 15.6. The van der Waals surface area contributed by atoms with Crippen LogP contribution in [0.25, 0.3) is 11.3 Å². The van der Waals surface area contributed by atoms with Gasteiger partial charge in [-0.1, -0.05) is 35.5 Å². The van der Waals surface area contributed by atoms with Gasteiger partial charge in [0.15, 0.2) is 0 Å². The zero-order valence-corrected chi connectivity index (χ0v) is 15.6. The predicted molar refractivity (Wildman–Crippen MR) is 102 cm³/mol. The third kappa shape index (κ3) is 4.80. The van der Waals surface area contributed by atoms with Crippen molar-refractivity contribution in [2.45, 2.75) is 18.6 Å². The van der Waals surface area contributed by atoms with E-state index in [4.69, 9.17) is 5.73 Å². The third-order valence-electron chi connectivity index (χ3n) is 4.57. The number of hydrogen-bond donors (Lipinski definition) is 2. The third-order valence-corrected chi connectivity index (χ3v) is 4.57. The molecule has 9 heteroatoms. The summed E-state index contributed by atoms with van der Waals surface area (Å²) in [6, 6.07) is 11.4. The van der Waals surface area contributed by atoms with Crippen LogP contribution in [-0.2, 0) is 19.6 Å². The molecule has 3 aromatic rings. The molecule has 29 heavy (non-hydrogen) atoms. The SMILES string of the molecule is Cn1nncc1-c1ccc(C(=O)NC(CN)Cc2ccccc2C(F)(F)F)cc1. The van der Waals surface area contributed by atoms with E-state index < -0.39 is 23.7 Å². The molecule has 0 aliphatic carbocycles. The summed E-state index contributed by atoms with van der Waals surface area (Å²) in [5.74, 6) is -0.403. The average Bonchev–Trinajstić information content (AvgIpc) is 3.13. The number of amides is 1. The predicted octanol–water partition coefficient (Wildman–Crippen LogP) is 2.80. The van der Waals surface area contributed by atoms with E-state index in [1.54, 1.807) is 42.2 Å². The van der Waals surface area contributed by atoms with Crippen LogP contribution in [0.2, 0.25) is 0 Å². The van der Waals surface area contributed by atoms with Crippen molar-refractivity contribution < 1.29 is 18.0 Å². The number of aryl methyl sites for hydroxylation is 1. The standard InChI is InChI=1S/C20H20F3N5O/c1-28-18(12-25-27-28)13-6-8-14(9-7-13)19(29)26-16(11-24)10-15-4-2-3-5-17(15)20(21,22)23/h2-9,12,16H,10-11,24H2,1H3,(H,26,29). The Balaban J connectivity index is 1.72. The van der Waals surface area contributed by atoms with Crippen LogP contribution in [0.5, 0.6) is 0 Å². The molecule has 1 aromatic heterocycles. The number of hydrogen-bond acceptors (Lipinski definition) is 4. The summed E-state index contributed by atoms with van der Waals surface area (Å²) in [5.41, 5.74) is 7.08. The number of nitrogens with one attached hydrogen (secondary N) is 1. The molecule has 1 heterocycles. The first-order valence-electron chi connectivity index (χ1n) is 8.90. The Hall–Kier alpha value is -3.20. The first-order valence-corrected chi connectivity index (χ1v) is 8.90. The molecule has 152 valence electrons. The number of aromatic nitrogens is 3. The van der Waals surface area contributed by atoms with Crippen LogP contribution in [0.15, 0.2) is 54.7 Å². The van der Waals surface area contributed by atoms with Gasteiger partial charge in [-0.3, -0.25) is 4.79 Å². The number of carbonyl (C=O) groups excluding carboxylic acids is 1. The number of rotatable bonds is 6. The van der Waals surface area contributed by atoms with Crippen molar-refractivity contribution in [3.8, 4) is 11.3 Å². The number of carbonyl (C=O) groups is 1. The smallest absolute Gasteiger partial charge is 0.348 e. The van der Waals surface area contributed by atoms with Gasteiger partial charge in [0.05, 0.1) is 17.5 Å². The highest BCUT2D eigenvalue weighted by Crippen LogP contribution is 2.32. The fourth-order valence-corrected chi connectivity index (χ4v) is 3.05. The lowest BCUT2D eigenvalue weighted by atomic mass is 9.99. The van der Waals surface area contributed by atoms with Gasteiger partial charge in [0.2, 0.25) is 0 Å². The summed E-state index contributed by atoms with van der Waals surface area (Å²) in [6.45, 7) is 0.0106. The van der Waals surface area contributed by atoms with Crippen molar-refractivity contribution in [2.75, 3.05) is 6.54 Å².